The van der Waals surface area contributed by atoms with Crippen LogP contribution in [0.25, 0.3) is 11.3 Å². The summed E-state index contributed by atoms with van der Waals surface area (Å²) in [5, 5.41) is 0. The summed E-state index contributed by atoms with van der Waals surface area (Å²) in [4.78, 5) is 0. The van der Waals surface area contributed by atoms with E-state index in [-0.39, 0.29) is 17.5 Å². The van der Waals surface area contributed by atoms with Gasteiger partial charge in [-0.1, -0.05) is 31.5 Å². The number of aryl methyl sites for hydroxylation is 3. The standard InChI is InChI=1S/C18H24N/c1-13(2)10-16-7-9-18(19(5)12-16)17-8-6-14(3)11-15(17)4/h6-9,11-13H,10H2,1-5H3/q+1/i3D3,7D,10D2. The molecule has 1 aromatic carbocycles. The van der Waals surface area contributed by atoms with Crippen molar-refractivity contribution in [3.05, 3.63) is 53.2 Å². The van der Waals surface area contributed by atoms with Crippen LogP contribution in [0.15, 0.2) is 36.5 Å². The van der Waals surface area contributed by atoms with Crippen molar-refractivity contribution < 1.29 is 12.8 Å². The summed E-state index contributed by atoms with van der Waals surface area (Å²) in [6.07, 6.45) is 0.0717. The summed E-state index contributed by atoms with van der Waals surface area (Å²) in [7, 11) is 1.81. The molecule has 0 aliphatic carbocycles. The van der Waals surface area contributed by atoms with Crippen molar-refractivity contribution in [1.82, 2.24) is 0 Å². The molecule has 2 rings (SSSR count). The van der Waals surface area contributed by atoms with E-state index in [0.717, 1.165) is 16.8 Å². The van der Waals surface area contributed by atoms with Crippen molar-refractivity contribution >= 4 is 0 Å². The number of aromatic nitrogens is 1. The van der Waals surface area contributed by atoms with Gasteiger partial charge in [-0.3, -0.25) is 0 Å². The molecule has 0 N–H and O–H groups in total. The van der Waals surface area contributed by atoms with Crippen LogP contribution in [0.1, 0.15) is 38.8 Å². The zero-order valence-electron chi connectivity index (χ0n) is 17.9. The summed E-state index contributed by atoms with van der Waals surface area (Å²) in [6, 6.07) is 6.77. The first kappa shape index (κ1) is 7.84. The number of rotatable bonds is 3. The lowest BCUT2D eigenvalue weighted by atomic mass is 10.00. The Bertz CT molecular complexity index is 793. The smallest absolute Gasteiger partial charge is 0.201 e. The lowest BCUT2D eigenvalue weighted by Gasteiger charge is -2.08. The van der Waals surface area contributed by atoms with Crippen LogP contribution in [-0.2, 0) is 13.4 Å². The van der Waals surface area contributed by atoms with E-state index in [4.69, 9.17) is 8.22 Å². The molecule has 0 aliphatic heterocycles. The second-order valence-electron chi connectivity index (χ2n) is 5.16. The van der Waals surface area contributed by atoms with Gasteiger partial charge in [-0.15, -0.1) is 0 Å². The van der Waals surface area contributed by atoms with Crippen LogP contribution in [0.4, 0.5) is 0 Å². The zero-order valence-corrected chi connectivity index (χ0v) is 11.9. The molecule has 0 radical (unpaired) electrons. The van der Waals surface area contributed by atoms with Crippen molar-refractivity contribution in [1.29, 1.82) is 0 Å². The molecule has 1 heteroatoms. The quantitative estimate of drug-likeness (QED) is 0.735. The maximum atomic E-state index is 8.28. The topological polar surface area (TPSA) is 3.88 Å². The Morgan fingerprint density at radius 3 is 2.79 bits per heavy atom. The van der Waals surface area contributed by atoms with Crippen molar-refractivity contribution in [2.75, 3.05) is 0 Å². The number of hydrogen-bond acceptors (Lipinski definition) is 0. The summed E-state index contributed by atoms with van der Waals surface area (Å²) in [5.41, 5.74) is 3.03. The van der Waals surface area contributed by atoms with Crippen LogP contribution in [0.2, 0.25) is 0 Å². The normalized spacial score (nSPS) is 17.1. The minimum absolute atomic E-state index is 0.145. The van der Waals surface area contributed by atoms with E-state index in [1.165, 1.54) is 0 Å². The first-order valence-corrected chi connectivity index (χ1v) is 6.48. The van der Waals surface area contributed by atoms with Gasteiger partial charge in [-0.05, 0) is 43.7 Å². The molecule has 1 nitrogen and oxygen atoms in total. The fourth-order valence-corrected chi connectivity index (χ4v) is 2.16. The van der Waals surface area contributed by atoms with E-state index in [0.29, 0.717) is 5.56 Å². The Kier molecular flexibility index (Phi) is 2.29. The molecule has 0 amide bonds. The SMILES string of the molecule is [2H]c1cc(-c2ccc(C([2H])([2H])[2H])cc2C)[n+](C)cc1C([2H])([2H])C(C)C. The third-order valence-corrected chi connectivity index (χ3v) is 3.01. The molecule has 1 heterocycles. The molecular formula is C18H24N+. The molecule has 0 fully saturated rings. The molecule has 0 bridgehead atoms. The van der Waals surface area contributed by atoms with E-state index in [1.807, 2.05) is 14.0 Å². The highest BCUT2D eigenvalue weighted by atomic mass is 14.9. The van der Waals surface area contributed by atoms with Gasteiger partial charge in [-0.25, -0.2) is 4.57 Å². The molecule has 2 aromatic rings. The molecule has 19 heavy (non-hydrogen) atoms. The van der Waals surface area contributed by atoms with Crippen molar-refractivity contribution in [2.24, 2.45) is 13.0 Å². The highest BCUT2D eigenvalue weighted by molar-refractivity contribution is 5.61. The summed E-state index contributed by atoms with van der Waals surface area (Å²) < 4.78 is 49.1. The van der Waals surface area contributed by atoms with Crippen LogP contribution < -0.4 is 4.57 Å². The fraction of sp³-hybridized carbons (Fsp3) is 0.389. The Labute approximate surface area is 125 Å². The van der Waals surface area contributed by atoms with Gasteiger partial charge in [0.1, 0.15) is 7.05 Å². The minimum Gasteiger partial charge on any atom is -0.201 e. The zero-order chi connectivity index (χ0) is 19.2. The average Bonchev–Trinajstić information content (AvgIpc) is 2.48. The van der Waals surface area contributed by atoms with E-state index < -0.39 is 13.2 Å². The Hall–Kier alpha value is -1.63. The van der Waals surface area contributed by atoms with Gasteiger partial charge in [0.25, 0.3) is 0 Å². The number of nitrogens with zero attached hydrogens (tertiary/aromatic N) is 1. The number of hydrogen-bond donors (Lipinski definition) is 0. The van der Waals surface area contributed by atoms with Crippen molar-refractivity contribution in [3.63, 3.8) is 0 Å². The molecule has 1 aromatic heterocycles. The molecule has 100 valence electrons. The third kappa shape index (κ3) is 3.23. The van der Waals surface area contributed by atoms with Gasteiger partial charge in [0, 0.05) is 24.0 Å². The van der Waals surface area contributed by atoms with Crippen LogP contribution in [0, 0.1) is 19.7 Å². The van der Waals surface area contributed by atoms with Gasteiger partial charge in [0.2, 0.25) is 5.69 Å². The predicted molar refractivity (Wildman–Crippen MR) is 81.1 cm³/mol. The first-order valence-electron chi connectivity index (χ1n) is 9.48. The molecule has 0 spiro atoms. The maximum absolute atomic E-state index is 8.28. The van der Waals surface area contributed by atoms with Gasteiger partial charge < -0.3 is 0 Å². The van der Waals surface area contributed by atoms with Crippen LogP contribution in [0.5, 0.6) is 0 Å². The molecule has 0 saturated heterocycles. The highest BCUT2D eigenvalue weighted by Gasteiger charge is 2.13. The predicted octanol–water partition coefficient (Wildman–Crippen LogP) is 3.99. The first-order chi connectivity index (χ1) is 11.4. The van der Waals surface area contributed by atoms with Gasteiger partial charge in [0.05, 0.1) is 1.37 Å². The second kappa shape index (κ2) is 5.56. The van der Waals surface area contributed by atoms with E-state index in [9.17, 15) is 0 Å². The van der Waals surface area contributed by atoms with Crippen LogP contribution in [-0.4, -0.2) is 0 Å². The van der Waals surface area contributed by atoms with Gasteiger partial charge in [-0.2, -0.15) is 0 Å². The average molecular weight is 260 g/mol. The molecule has 0 atom stereocenters. The Balaban J connectivity index is 2.57. The molecule has 0 unspecified atom stereocenters. The molecule has 0 aliphatic rings. The number of pyridine rings is 1. The highest BCUT2D eigenvalue weighted by Crippen LogP contribution is 2.21. The van der Waals surface area contributed by atoms with Gasteiger partial charge >= 0.3 is 0 Å². The number of benzene rings is 1. The summed E-state index contributed by atoms with van der Waals surface area (Å²) >= 11 is 0. The largest absolute Gasteiger partial charge is 0.212 e. The van der Waals surface area contributed by atoms with Crippen LogP contribution in [0.3, 0.4) is 0 Å². The summed E-state index contributed by atoms with van der Waals surface area (Å²) in [6.45, 7) is 3.29. The fourth-order valence-electron chi connectivity index (χ4n) is 2.16. The monoisotopic (exact) mass is 260 g/mol. The second-order valence-corrected chi connectivity index (χ2v) is 5.16. The van der Waals surface area contributed by atoms with Gasteiger partial charge in [0.15, 0.2) is 6.20 Å². The molecule has 0 saturated carbocycles. The minimum atomic E-state index is -2.15. The van der Waals surface area contributed by atoms with E-state index in [2.05, 4.69) is 0 Å². The third-order valence-electron chi connectivity index (χ3n) is 3.01. The maximum Gasteiger partial charge on any atom is 0.212 e. The van der Waals surface area contributed by atoms with Crippen molar-refractivity contribution in [3.8, 4) is 11.3 Å². The van der Waals surface area contributed by atoms with Crippen molar-refractivity contribution in [2.45, 2.75) is 34.0 Å². The lowest BCUT2D eigenvalue weighted by Crippen LogP contribution is -2.31. The summed E-state index contributed by atoms with van der Waals surface area (Å²) in [5.74, 6) is -0.247. The van der Waals surface area contributed by atoms with Crippen LogP contribution >= 0.6 is 0 Å². The lowest BCUT2D eigenvalue weighted by molar-refractivity contribution is -0.660. The molecular weight excluding hydrogens is 230 g/mol. The Morgan fingerprint density at radius 2 is 2.16 bits per heavy atom. The Morgan fingerprint density at radius 1 is 1.37 bits per heavy atom. The van der Waals surface area contributed by atoms with E-state index in [1.54, 1.807) is 48.9 Å². The van der Waals surface area contributed by atoms with E-state index >= 15 is 0 Å².